The Morgan fingerprint density at radius 3 is 2.43 bits per heavy atom. The molecule has 5 nitrogen and oxygen atoms in total. The number of amides is 3. The normalized spacial score (nSPS) is 12.2. The third kappa shape index (κ3) is 5.08. The molecule has 2 N–H and O–H groups in total. The van der Waals surface area contributed by atoms with Crippen LogP contribution in [0.2, 0.25) is 0 Å². The van der Waals surface area contributed by atoms with Gasteiger partial charge in [-0.2, -0.15) is 0 Å². The van der Waals surface area contributed by atoms with Gasteiger partial charge in [0.2, 0.25) is 5.91 Å². The van der Waals surface area contributed by atoms with E-state index in [1.165, 1.54) is 6.21 Å². The lowest BCUT2D eigenvalue weighted by Crippen LogP contribution is -2.45. The first-order valence-corrected chi connectivity index (χ1v) is 4.23. The molecule has 0 saturated heterocycles. The number of carbonyl (C=O) groups excluding carboxylic acids is 2. The molecule has 0 aromatic carbocycles. The van der Waals surface area contributed by atoms with Gasteiger partial charge in [0.15, 0.2) is 0 Å². The van der Waals surface area contributed by atoms with Gasteiger partial charge in [-0.1, -0.05) is 6.58 Å². The summed E-state index contributed by atoms with van der Waals surface area (Å²) >= 11 is 0. The van der Waals surface area contributed by atoms with Crippen LogP contribution in [0.4, 0.5) is 4.79 Å². The van der Waals surface area contributed by atoms with Crippen molar-refractivity contribution in [2.45, 2.75) is 26.9 Å². The quantitative estimate of drug-likeness (QED) is 0.399. The van der Waals surface area contributed by atoms with E-state index in [9.17, 15) is 9.59 Å². The minimum Gasteiger partial charge on any atom is -0.332 e. The van der Waals surface area contributed by atoms with Crippen LogP contribution in [0.15, 0.2) is 17.1 Å². The summed E-state index contributed by atoms with van der Waals surface area (Å²) in [7, 11) is 0. The summed E-state index contributed by atoms with van der Waals surface area (Å²) in [5.74, 6) is -0.293. The van der Waals surface area contributed by atoms with E-state index in [-0.39, 0.29) is 5.91 Å². The fourth-order valence-electron chi connectivity index (χ4n) is 0.696. The summed E-state index contributed by atoms with van der Waals surface area (Å²) in [6.07, 6.45) is 0.915. The summed E-state index contributed by atoms with van der Waals surface area (Å²) in [5, 5.41) is 4.98. The lowest BCUT2D eigenvalue weighted by Gasteiger charge is -2.13. The average Bonchev–Trinajstić information content (AvgIpc) is 2.03. The molecule has 0 aliphatic heterocycles. The van der Waals surface area contributed by atoms with Crippen LogP contribution >= 0.6 is 0 Å². The number of hydrogen-bond acceptors (Lipinski definition) is 2. The molecule has 0 heterocycles. The SMILES string of the molecule is C=C(C)C(=O)NC(C)NC(=O)N=CC. The van der Waals surface area contributed by atoms with Crippen molar-refractivity contribution in [1.29, 1.82) is 0 Å². The van der Waals surface area contributed by atoms with E-state index in [0.29, 0.717) is 5.57 Å². The van der Waals surface area contributed by atoms with Gasteiger partial charge >= 0.3 is 6.03 Å². The van der Waals surface area contributed by atoms with Crippen LogP contribution in [0, 0.1) is 0 Å². The first kappa shape index (κ1) is 12.3. The Morgan fingerprint density at radius 1 is 1.43 bits per heavy atom. The second-order valence-electron chi connectivity index (χ2n) is 2.81. The van der Waals surface area contributed by atoms with Gasteiger partial charge in [-0.25, -0.2) is 9.79 Å². The van der Waals surface area contributed by atoms with E-state index in [4.69, 9.17) is 0 Å². The van der Waals surface area contributed by atoms with Gasteiger partial charge in [0.1, 0.15) is 6.17 Å². The van der Waals surface area contributed by atoms with E-state index < -0.39 is 12.2 Å². The highest BCUT2D eigenvalue weighted by Crippen LogP contribution is 1.87. The molecule has 0 bridgehead atoms. The number of carbonyl (C=O) groups is 2. The minimum atomic E-state index is -0.484. The molecule has 0 saturated carbocycles. The molecule has 0 aromatic rings. The summed E-state index contributed by atoms with van der Waals surface area (Å²) in [6, 6.07) is -0.484. The Morgan fingerprint density at radius 2 is 2.00 bits per heavy atom. The van der Waals surface area contributed by atoms with Crippen molar-refractivity contribution in [3.05, 3.63) is 12.2 Å². The Balaban J connectivity index is 3.98. The van der Waals surface area contributed by atoms with Crippen molar-refractivity contribution in [3.63, 3.8) is 0 Å². The lowest BCUT2D eigenvalue weighted by molar-refractivity contribution is -0.118. The summed E-state index contributed by atoms with van der Waals surface area (Å²) in [4.78, 5) is 25.5. The Bertz CT molecular complexity index is 271. The first-order valence-electron chi connectivity index (χ1n) is 4.23. The van der Waals surface area contributed by atoms with Crippen LogP contribution < -0.4 is 10.6 Å². The monoisotopic (exact) mass is 197 g/mol. The zero-order valence-electron chi connectivity index (χ0n) is 8.63. The molecule has 14 heavy (non-hydrogen) atoms. The van der Waals surface area contributed by atoms with Crippen molar-refractivity contribution in [3.8, 4) is 0 Å². The zero-order chi connectivity index (χ0) is 11.1. The number of urea groups is 1. The maximum absolute atomic E-state index is 11.1. The largest absolute Gasteiger partial charge is 0.342 e. The van der Waals surface area contributed by atoms with Crippen molar-refractivity contribution < 1.29 is 9.59 Å². The molecule has 0 aromatic heterocycles. The Labute approximate surface area is 83.3 Å². The van der Waals surface area contributed by atoms with Crippen molar-refractivity contribution in [1.82, 2.24) is 10.6 Å². The average molecular weight is 197 g/mol. The molecule has 3 amide bonds. The molecular weight excluding hydrogens is 182 g/mol. The van der Waals surface area contributed by atoms with E-state index in [1.54, 1.807) is 20.8 Å². The summed E-state index contributed by atoms with van der Waals surface area (Å²) < 4.78 is 0. The molecule has 0 aliphatic carbocycles. The van der Waals surface area contributed by atoms with E-state index in [2.05, 4.69) is 22.2 Å². The highest BCUT2D eigenvalue weighted by molar-refractivity contribution is 5.92. The van der Waals surface area contributed by atoms with Crippen LogP contribution in [0.3, 0.4) is 0 Å². The Kier molecular flexibility index (Phi) is 5.21. The third-order valence-electron chi connectivity index (χ3n) is 1.32. The number of nitrogens with one attached hydrogen (secondary N) is 2. The predicted octanol–water partition coefficient (Wildman–Crippen LogP) is 0.825. The maximum Gasteiger partial charge on any atom is 0.342 e. The fraction of sp³-hybridized carbons (Fsp3) is 0.444. The van der Waals surface area contributed by atoms with E-state index >= 15 is 0 Å². The molecule has 1 atom stereocenters. The molecule has 0 radical (unpaired) electrons. The molecule has 0 fully saturated rings. The van der Waals surface area contributed by atoms with Crippen LogP contribution in [0.1, 0.15) is 20.8 Å². The van der Waals surface area contributed by atoms with Gasteiger partial charge in [-0.05, 0) is 20.8 Å². The molecule has 1 unspecified atom stereocenters. The van der Waals surface area contributed by atoms with E-state index in [1.807, 2.05) is 0 Å². The molecule has 5 heteroatoms. The fourth-order valence-corrected chi connectivity index (χ4v) is 0.696. The van der Waals surface area contributed by atoms with Gasteiger partial charge in [-0.15, -0.1) is 0 Å². The predicted molar refractivity (Wildman–Crippen MR) is 55.1 cm³/mol. The van der Waals surface area contributed by atoms with Crippen molar-refractivity contribution in [2.75, 3.05) is 0 Å². The number of hydrogen-bond donors (Lipinski definition) is 2. The summed E-state index contributed by atoms with van der Waals surface area (Å²) in [6.45, 7) is 8.34. The molecule has 0 aliphatic rings. The van der Waals surface area contributed by atoms with E-state index in [0.717, 1.165) is 0 Å². The van der Waals surface area contributed by atoms with Gasteiger partial charge in [-0.3, -0.25) is 4.79 Å². The first-order chi connectivity index (χ1) is 6.47. The highest BCUT2D eigenvalue weighted by Gasteiger charge is 2.08. The van der Waals surface area contributed by atoms with Crippen LogP contribution in [-0.2, 0) is 4.79 Å². The summed E-state index contributed by atoms with van der Waals surface area (Å²) in [5.41, 5.74) is 0.394. The van der Waals surface area contributed by atoms with Crippen molar-refractivity contribution in [2.24, 2.45) is 4.99 Å². The second-order valence-corrected chi connectivity index (χ2v) is 2.81. The van der Waals surface area contributed by atoms with Gasteiger partial charge in [0.05, 0.1) is 0 Å². The maximum atomic E-state index is 11.1. The number of nitrogens with zero attached hydrogens (tertiary/aromatic N) is 1. The third-order valence-corrected chi connectivity index (χ3v) is 1.32. The number of aliphatic imine (C=N–C) groups is 1. The van der Waals surface area contributed by atoms with Gasteiger partial charge in [0.25, 0.3) is 0 Å². The van der Waals surface area contributed by atoms with Crippen LogP contribution in [0.5, 0.6) is 0 Å². The highest BCUT2D eigenvalue weighted by atomic mass is 16.2. The number of rotatable bonds is 3. The topological polar surface area (TPSA) is 70.6 Å². The molecular formula is C9H15N3O2. The van der Waals surface area contributed by atoms with Gasteiger partial charge in [0, 0.05) is 11.8 Å². The zero-order valence-corrected chi connectivity index (χ0v) is 8.63. The minimum absolute atomic E-state index is 0.293. The molecule has 78 valence electrons. The standard InChI is InChI=1S/C9H15N3O2/c1-5-10-9(14)12-7(4)11-8(13)6(2)3/h5,7H,2H2,1,3-4H3,(H,11,13)(H,12,14). The lowest BCUT2D eigenvalue weighted by atomic mass is 10.3. The van der Waals surface area contributed by atoms with Crippen molar-refractivity contribution >= 4 is 18.2 Å². The molecule has 0 rings (SSSR count). The van der Waals surface area contributed by atoms with Crippen LogP contribution in [-0.4, -0.2) is 24.3 Å². The van der Waals surface area contributed by atoms with Gasteiger partial charge < -0.3 is 10.6 Å². The molecule has 0 spiro atoms. The second kappa shape index (κ2) is 5.90. The van der Waals surface area contributed by atoms with Crippen LogP contribution in [0.25, 0.3) is 0 Å². The smallest absolute Gasteiger partial charge is 0.332 e. The Hall–Kier alpha value is -1.65.